The summed E-state index contributed by atoms with van der Waals surface area (Å²) in [5, 5.41) is 3.39. The van der Waals surface area contributed by atoms with E-state index in [1.165, 1.54) is 5.56 Å². The number of benzene rings is 1. The molecule has 1 heterocycles. The van der Waals surface area contributed by atoms with Crippen LogP contribution in [0.5, 0.6) is 0 Å². The molecular weight excluding hydrogens is 304 g/mol. The standard InChI is InChI=1S/C19H30N2O3/c1-5-23-13-11-20-14-16-9-6-8-15-10-7-12-21(17(15)16)18(22)24-19(2,3)4/h6,8-9,20H,5,7,10-14H2,1-4H3. The van der Waals surface area contributed by atoms with Gasteiger partial charge in [-0.3, -0.25) is 4.90 Å². The van der Waals surface area contributed by atoms with Crippen LogP contribution in [0.1, 0.15) is 45.2 Å². The zero-order valence-corrected chi connectivity index (χ0v) is 15.4. The van der Waals surface area contributed by atoms with Crippen molar-refractivity contribution in [2.75, 3.05) is 31.2 Å². The van der Waals surface area contributed by atoms with Crippen molar-refractivity contribution in [3.63, 3.8) is 0 Å². The first-order chi connectivity index (χ1) is 11.4. The van der Waals surface area contributed by atoms with Gasteiger partial charge in [0, 0.05) is 26.2 Å². The van der Waals surface area contributed by atoms with Crippen molar-refractivity contribution in [3.8, 4) is 0 Å². The highest BCUT2D eigenvalue weighted by Gasteiger charge is 2.28. The minimum atomic E-state index is -0.487. The van der Waals surface area contributed by atoms with E-state index in [0.717, 1.165) is 43.8 Å². The fraction of sp³-hybridized carbons (Fsp3) is 0.632. The van der Waals surface area contributed by atoms with Crippen molar-refractivity contribution < 1.29 is 14.3 Å². The molecule has 134 valence electrons. The molecule has 0 atom stereocenters. The van der Waals surface area contributed by atoms with Gasteiger partial charge in [0.25, 0.3) is 0 Å². The normalized spacial score (nSPS) is 14.4. The lowest BCUT2D eigenvalue weighted by Gasteiger charge is -2.33. The van der Waals surface area contributed by atoms with Gasteiger partial charge in [0.2, 0.25) is 0 Å². The summed E-state index contributed by atoms with van der Waals surface area (Å²) < 4.78 is 10.9. The number of carbonyl (C=O) groups is 1. The number of amides is 1. The Balaban J connectivity index is 2.13. The number of rotatable bonds is 6. The van der Waals surface area contributed by atoms with Gasteiger partial charge in [-0.25, -0.2) is 4.79 Å². The largest absolute Gasteiger partial charge is 0.443 e. The van der Waals surface area contributed by atoms with Gasteiger partial charge in [-0.2, -0.15) is 0 Å². The Morgan fingerprint density at radius 1 is 1.33 bits per heavy atom. The third-order valence-corrected chi connectivity index (χ3v) is 3.86. The van der Waals surface area contributed by atoms with Crippen LogP contribution in [0, 0.1) is 0 Å². The molecule has 0 saturated carbocycles. The molecular formula is C19H30N2O3. The second-order valence-electron chi connectivity index (χ2n) is 7.03. The Kier molecular flexibility index (Phi) is 6.63. The number of anilines is 1. The van der Waals surface area contributed by atoms with E-state index in [9.17, 15) is 4.79 Å². The Bertz CT molecular complexity index is 552. The van der Waals surface area contributed by atoms with Crippen LogP contribution in [0.4, 0.5) is 10.5 Å². The van der Waals surface area contributed by atoms with Gasteiger partial charge in [0.05, 0.1) is 12.3 Å². The van der Waals surface area contributed by atoms with Crippen molar-refractivity contribution in [1.29, 1.82) is 0 Å². The number of fused-ring (bicyclic) bond motifs is 1. The Morgan fingerprint density at radius 2 is 2.12 bits per heavy atom. The maximum Gasteiger partial charge on any atom is 0.414 e. The molecule has 0 fully saturated rings. The number of hydrogen-bond donors (Lipinski definition) is 1. The smallest absolute Gasteiger partial charge is 0.414 e. The molecule has 1 aliphatic rings. The van der Waals surface area contributed by atoms with E-state index < -0.39 is 5.60 Å². The highest BCUT2D eigenvalue weighted by molar-refractivity contribution is 5.90. The second-order valence-corrected chi connectivity index (χ2v) is 7.03. The van der Waals surface area contributed by atoms with Gasteiger partial charge in [-0.1, -0.05) is 18.2 Å². The molecule has 0 radical (unpaired) electrons. The van der Waals surface area contributed by atoms with Crippen LogP contribution in [0.3, 0.4) is 0 Å². The number of hydrogen-bond acceptors (Lipinski definition) is 4. The zero-order valence-electron chi connectivity index (χ0n) is 15.4. The SMILES string of the molecule is CCOCCNCc1cccc2c1N(C(=O)OC(C)(C)C)CCC2. The molecule has 0 aromatic heterocycles. The predicted octanol–water partition coefficient (Wildman–Crippen LogP) is 3.50. The lowest BCUT2D eigenvalue weighted by Crippen LogP contribution is -2.40. The number of ether oxygens (including phenoxy) is 2. The van der Waals surface area contributed by atoms with Crippen LogP contribution in [0.15, 0.2) is 18.2 Å². The number of para-hydroxylation sites is 1. The van der Waals surface area contributed by atoms with Crippen LogP contribution < -0.4 is 10.2 Å². The van der Waals surface area contributed by atoms with Crippen LogP contribution in [0.25, 0.3) is 0 Å². The molecule has 1 aromatic carbocycles. The van der Waals surface area contributed by atoms with Crippen molar-refractivity contribution in [2.24, 2.45) is 0 Å². The number of aryl methyl sites for hydroxylation is 1. The Labute approximate surface area is 145 Å². The van der Waals surface area contributed by atoms with Gasteiger partial charge in [0.1, 0.15) is 5.60 Å². The number of nitrogens with one attached hydrogen (secondary N) is 1. The van der Waals surface area contributed by atoms with E-state index in [1.807, 2.05) is 27.7 Å². The van der Waals surface area contributed by atoms with Gasteiger partial charge < -0.3 is 14.8 Å². The summed E-state index contributed by atoms with van der Waals surface area (Å²) in [5.74, 6) is 0. The van der Waals surface area contributed by atoms with E-state index in [4.69, 9.17) is 9.47 Å². The van der Waals surface area contributed by atoms with Crippen LogP contribution in [0.2, 0.25) is 0 Å². The van der Waals surface area contributed by atoms with Crippen LogP contribution in [-0.2, 0) is 22.4 Å². The molecule has 0 unspecified atom stereocenters. The van der Waals surface area contributed by atoms with Crippen LogP contribution in [-0.4, -0.2) is 38.0 Å². The third-order valence-electron chi connectivity index (χ3n) is 3.86. The summed E-state index contributed by atoms with van der Waals surface area (Å²) in [6, 6.07) is 6.25. The van der Waals surface area contributed by atoms with Gasteiger partial charge in [-0.15, -0.1) is 0 Å². The van der Waals surface area contributed by atoms with Crippen molar-refractivity contribution in [2.45, 2.75) is 52.7 Å². The molecule has 1 aromatic rings. The topological polar surface area (TPSA) is 50.8 Å². The first-order valence-corrected chi connectivity index (χ1v) is 8.82. The monoisotopic (exact) mass is 334 g/mol. The number of carbonyl (C=O) groups excluding carboxylic acids is 1. The summed E-state index contributed by atoms with van der Waals surface area (Å²) in [5.41, 5.74) is 2.88. The first-order valence-electron chi connectivity index (χ1n) is 8.82. The Hall–Kier alpha value is -1.59. The molecule has 0 saturated heterocycles. The summed E-state index contributed by atoms with van der Waals surface area (Å²) in [4.78, 5) is 14.4. The summed E-state index contributed by atoms with van der Waals surface area (Å²) >= 11 is 0. The van der Waals surface area contributed by atoms with E-state index in [1.54, 1.807) is 4.90 Å². The molecule has 1 aliphatic heterocycles. The van der Waals surface area contributed by atoms with E-state index in [-0.39, 0.29) is 6.09 Å². The van der Waals surface area contributed by atoms with E-state index in [0.29, 0.717) is 13.2 Å². The molecule has 1 N–H and O–H groups in total. The fourth-order valence-corrected chi connectivity index (χ4v) is 2.89. The molecule has 0 bridgehead atoms. The molecule has 0 aliphatic carbocycles. The zero-order chi connectivity index (χ0) is 17.6. The predicted molar refractivity (Wildman–Crippen MR) is 96.5 cm³/mol. The van der Waals surface area contributed by atoms with Crippen molar-refractivity contribution in [1.82, 2.24) is 5.32 Å². The summed E-state index contributed by atoms with van der Waals surface area (Å²) in [6.07, 6.45) is 1.71. The average molecular weight is 334 g/mol. The average Bonchev–Trinajstić information content (AvgIpc) is 2.52. The second kappa shape index (κ2) is 8.49. The van der Waals surface area contributed by atoms with Crippen LogP contribution >= 0.6 is 0 Å². The summed E-state index contributed by atoms with van der Waals surface area (Å²) in [7, 11) is 0. The quantitative estimate of drug-likeness (QED) is 0.809. The van der Waals surface area contributed by atoms with Gasteiger partial charge in [-0.05, 0) is 51.7 Å². The lowest BCUT2D eigenvalue weighted by molar-refractivity contribution is 0.0577. The lowest BCUT2D eigenvalue weighted by atomic mass is 9.98. The third kappa shape index (κ3) is 5.21. The Morgan fingerprint density at radius 3 is 2.83 bits per heavy atom. The molecule has 5 nitrogen and oxygen atoms in total. The minimum absolute atomic E-state index is 0.259. The van der Waals surface area contributed by atoms with Crippen molar-refractivity contribution in [3.05, 3.63) is 29.3 Å². The molecule has 0 spiro atoms. The highest BCUT2D eigenvalue weighted by atomic mass is 16.6. The summed E-state index contributed by atoms with van der Waals surface area (Å²) in [6.45, 7) is 11.3. The maximum atomic E-state index is 12.6. The molecule has 1 amide bonds. The van der Waals surface area contributed by atoms with E-state index in [2.05, 4.69) is 23.5 Å². The van der Waals surface area contributed by atoms with Gasteiger partial charge >= 0.3 is 6.09 Å². The molecule has 5 heteroatoms. The fourth-order valence-electron chi connectivity index (χ4n) is 2.89. The van der Waals surface area contributed by atoms with Gasteiger partial charge in [0.15, 0.2) is 0 Å². The number of nitrogens with zero attached hydrogens (tertiary/aromatic N) is 1. The minimum Gasteiger partial charge on any atom is -0.443 e. The van der Waals surface area contributed by atoms with Crippen molar-refractivity contribution >= 4 is 11.8 Å². The highest BCUT2D eigenvalue weighted by Crippen LogP contribution is 2.32. The van der Waals surface area contributed by atoms with E-state index >= 15 is 0 Å². The molecule has 2 rings (SSSR count). The maximum absolute atomic E-state index is 12.6. The molecule has 24 heavy (non-hydrogen) atoms. The first kappa shape index (κ1) is 18.7.